The third-order valence-corrected chi connectivity index (χ3v) is 6.44. The zero-order valence-electron chi connectivity index (χ0n) is 17.3. The summed E-state index contributed by atoms with van der Waals surface area (Å²) >= 11 is 23.7. The largest absolute Gasteiger partial charge is 0.468 e. The van der Waals surface area contributed by atoms with E-state index in [0.717, 1.165) is 9.80 Å². The first-order valence-corrected chi connectivity index (χ1v) is 11.5. The van der Waals surface area contributed by atoms with Crippen molar-refractivity contribution < 1.29 is 19.1 Å². The van der Waals surface area contributed by atoms with Crippen molar-refractivity contribution in [2.24, 2.45) is 0 Å². The molecule has 0 N–H and O–H groups in total. The van der Waals surface area contributed by atoms with Crippen molar-refractivity contribution in [3.63, 3.8) is 0 Å². The minimum Gasteiger partial charge on any atom is -0.468 e. The first kappa shape index (κ1) is 24.2. The summed E-state index contributed by atoms with van der Waals surface area (Å²) in [6.07, 6.45) is 0. The SMILES string of the molecule is O=C1c2ccccc2C(=O)N1CCOC(=S)N(C(=O)c1cccc(Cl)c1Cl)c1ccc(Cl)cc1. The van der Waals surface area contributed by atoms with Crippen LogP contribution < -0.4 is 4.90 Å². The fourth-order valence-corrected chi connectivity index (χ4v) is 4.20. The molecule has 0 aromatic heterocycles. The van der Waals surface area contributed by atoms with Crippen LogP contribution in [0.15, 0.2) is 66.7 Å². The highest BCUT2D eigenvalue weighted by Crippen LogP contribution is 2.29. The summed E-state index contributed by atoms with van der Waals surface area (Å²) in [5.74, 6) is -1.39. The average Bonchev–Trinajstić information content (AvgIpc) is 3.07. The van der Waals surface area contributed by atoms with E-state index in [1.54, 1.807) is 60.7 Å². The molecule has 0 radical (unpaired) electrons. The monoisotopic (exact) mass is 532 g/mol. The molecule has 4 rings (SSSR count). The molecule has 0 fully saturated rings. The van der Waals surface area contributed by atoms with Gasteiger partial charge in [0.2, 0.25) is 0 Å². The quantitative estimate of drug-likeness (QED) is 0.302. The summed E-state index contributed by atoms with van der Waals surface area (Å²) in [6.45, 7) is -0.169. The minimum atomic E-state index is -0.569. The van der Waals surface area contributed by atoms with Crippen LogP contribution in [0.1, 0.15) is 31.1 Å². The zero-order chi connectivity index (χ0) is 24.4. The van der Waals surface area contributed by atoms with Crippen molar-refractivity contribution in [3.8, 4) is 0 Å². The number of ether oxygens (including phenoxy) is 1. The summed E-state index contributed by atoms with van der Waals surface area (Å²) in [4.78, 5) is 40.7. The first-order valence-electron chi connectivity index (χ1n) is 9.95. The van der Waals surface area contributed by atoms with Gasteiger partial charge in [-0.05, 0) is 60.7 Å². The summed E-state index contributed by atoms with van der Waals surface area (Å²) < 4.78 is 5.64. The highest BCUT2D eigenvalue weighted by Gasteiger charge is 2.35. The number of halogens is 3. The Hall–Kier alpha value is -2.97. The number of nitrogens with zero attached hydrogens (tertiary/aromatic N) is 2. The Morgan fingerprint density at radius 3 is 2.12 bits per heavy atom. The molecular formula is C24H15Cl3N2O4S. The van der Waals surface area contributed by atoms with E-state index in [1.807, 2.05) is 0 Å². The van der Waals surface area contributed by atoms with Crippen LogP contribution in [-0.2, 0) is 4.74 Å². The first-order chi connectivity index (χ1) is 16.3. The molecule has 3 amide bonds. The lowest BCUT2D eigenvalue weighted by Crippen LogP contribution is -2.39. The molecule has 0 aliphatic carbocycles. The maximum atomic E-state index is 13.4. The molecule has 3 aromatic carbocycles. The lowest BCUT2D eigenvalue weighted by atomic mass is 10.1. The van der Waals surface area contributed by atoms with Gasteiger partial charge in [0.15, 0.2) is 0 Å². The van der Waals surface area contributed by atoms with E-state index in [4.69, 9.17) is 51.8 Å². The van der Waals surface area contributed by atoms with Crippen molar-refractivity contribution in [1.82, 2.24) is 4.90 Å². The van der Waals surface area contributed by atoms with Gasteiger partial charge in [0.1, 0.15) is 6.61 Å². The van der Waals surface area contributed by atoms with E-state index < -0.39 is 17.7 Å². The third-order valence-electron chi connectivity index (χ3n) is 5.07. The smallest absolute Gasteiger partial charge is 0.271 e. The number of fused-ring (bicyclic) bond motifs is 1. The Labute approximate surface area is 215 Å². The Bertz CT molecular complexity index is 1280. The number of benzene rings is 3. The van der Waals surface area contributed by atoms with Gasteiger partial charge in [-0.15, -0.1) is 0 Å². The molecule has 3 aromatic rings. The summed E-state index contributed by atoms with van der Waals surface area (Å²) in [7, 11) is 0. The van der Waals surface area contributed by atoms with Crippen LogP contribution in [0.5, 0.6) is 0 Å². The van der Waals surface area contributed by atoms with Crippen LogP contribution in [0.4, 0.5) is 5.69 Å². The average molecular weight is 534 g/mol. The molecule has 0 bridgehead atoms. The standard InChI is InChI=1S/C24H15Cl3N2O4S/c25-14-8-10-15(11-9-14)29(23(32)18-6-3-7-19(26)20(18)27)24(34)33-13-12-28-21(30)16-4-1-2-5-17(16)22(28)31/h1-11H,12-13H2. The van der Waals surface area contributed by atoms with Crippen LogP contribution >= 0.6 is 47.0 Å². The van der Waals surface area contributed by atoms with Crippen LogP contribution in [-0.4, -0.2) is 40.9 Å². The van der Waals surface area contributed by atoms with E-state index in [-0.39, 0.29) is 33.9 Å². The molecule has 6 nitrogen and oxygen atoms in total. The highest BCUT2D eigenvalue weighted by atomic mass is 35.5. The van der Waals surface area contributed by atoms with Crippen molar-refractivity contribution >= 4 is 75.6 Å². The molecule has 1 heterocycles. The summed E-state index contributed by atoms with van der Waals surface area (Å²) in [5.41, 5.74) is 1.18. The Kier molecular flexibility index (Phi) is 7.19. The van der Waals surface area contributed by atoms with Crippen molar-refractivity contribution in [2.45, 2.75) is 0 Å². The van der Waals surface area contributed by atoms with Crippen LogP contribution in [0.2, 0.25) is 15.1 Å². The highest BCUT2D eigenvalue weighted by molar-refractivity contribution is 7.80. The van der Waals surface area contributed by atoms with E-state index in [0.29, 0.717) is 21.8 Å². The van der Waals surface area contributed by atoms with Gasteiger partial charge >= 0.3 is 0 Å². The molecule has 10 heteroatoms. The summed E-state index contributed by atoms with van der Waals surface area (Å²) in [5, 5.41) is 0.553. The van der Waals surface area contributed by atoms with Gasteiger partial charge < -0.3 is 4.74 Å². The maximum Gasteiger partial charge on any atom is 0.271 e. The topological polar surface area (TPSA) is 66.9 Å². The van der Waals surface area contributed by atoms with E-state index in [9.17, 15) is 14.4 Å². The number of amides is 3. The molecule has 0 spiro atoms. The van der Waals surface area contributed by atoms with Crippen LogP contribution in [0, 0.1) is 0 Å². The number of rotatable bonds is 5. The Balaban J connectivity index is 1.53. The predicted octanol–water partition coefficient (Wildman–Crippen LogP) is 5.89. The minimum absolute atomic E-state index is 0.0486. The Morgan fingerprint density at radius 1 is 0.882 bits per heavy atom. The van der Waals surface area contributed by atoms with E-state index in [2.05, 4.69) is 0 Å². The normalized spacial score (nSPS) is 12.5. The Morgan fingerprint density at radius 2 is 1.50 bits per heavy atom. The molecule has 172 valence electrons. The number of hydrogen-bond acceptors (Lipinski definition) is 5. The lowest BCUT2D eigenvalue weighted by Gasteiger charge is -2.24. The van der Waals surface area contributed by atoms with Gasteiger partial charge in [-0.3, -0.25) is 19.3 Å². The molecule has 0 atom stereocenters. The molecule has 0 saturated heterocycles. The number of imide groups is 1. The number of carbonyl (C=O) groups excluding carboxylic acids is 3. The third kappa shape index (κ3) is 4.65. The van der Waals surface area contributed by atoms with Crippen molar-refractivity contribution in [1.29, 1.82) is 0 Å². The maximum absolute atomic E-state index is 13.4. The zero-order valence-corrected chi connectivity index (χ0v) is 20.4. The molecule has 1 aliphatic rings. The molecule has 0 saturated carbocycles. The second-order valence-corrected chi connectivity index (χ2v) is 8.71. The molecule has 0 unspecified atom stereocenters. The van der Waals surface area contributed by atoms with Crippen molar-refractivity contribution in [3.05, 3.63) is 98.5 Å². The second kappa shape index (κ2) is 10.1. The van der Waals surface area contributed by atoms with Gasteiger partial charge in [-0.25, -0.2) is 4.90 Å². The van der Waals surface area contributed by atoms with Gasteiger partial charge in [0.25, 0.3) is 22.9 Å². The van der Waals surface area contributed by atoms with Crippen molar-refractivity contribution in [2.75, 3.05) is 18.1 Å². The molecule has 34 heavy (non-hydrogen) atoms. The molecular weight excluding hydrogens is 519 g/mol. The van der Waals surface area contributed by atoms with E-state index >= 15 is 0 Å². The molecule has 1 aliphatic heterocycles. The number of carbonyl (C=O) groups is 3. The summed E-state index contributed by atoms with van der Waals surface area (Å²) in [6, 6.07) is 17.6. The lowest BCUT2D eigenvalue weighted by molar-refractivity contribution is 0.0627. The van der Waals surface area contributed by atoms with Gasteiger partial charge in [-0.1, -0.05) is 53.0 Å². The predicted molar refractivity (Wildman–Crippen MR) is 135 cm³/mol. The van der Waals surface area contributed by atoms with Gasteiger partial charge in [-0.2, -0.15) is 0 Å². The van der Waals surface area contributed by atoms with E-state index in [1.165, 1.54) is 6.07 Å². The second-order valence-electron chi connectivity index (χ2n) is 7.14. The fourth-order valence-electron chi connectivity index (χ4n) is 3.42. The van der Waals surface area contributed by atoms with Crippen LogP contribution in [0.3, 0.4) is 0 Å². The van der Waals surface area contributed by atoms with Crippen LogP contribution in [0.25, 0.3) is 0 Å². The fraction of sp³-hybridized carbons (Fsp3) is 0.0833. The van der Waals surface area contributed by atoms with Gasteiger partial charge in [0, 0.05) is 5.02 Å². The van der Waals surface area contributed by atoms with Gasteiger partial charge in [0.05, 0.1) is 39.0 Å². The number of hydrogen-bond donors (Lipinski definition) is 0. The number of anilines is 1. The number of thiocarbonyl (C=S) groups is 1.